The minimum absolute atomic E-state index is 0.0940. The Morgan fingerprint density at radius 3 is 2.17 bits per heavy atom. The van der Waals surface area contributed by atoms with Gasteiger partial charge in [0.1, 0.15) is 0 Å². The topological polar surface area (TPSA) is 47.6 Å². The molecule has 1 saturated heterocycles. The highest BCUT2D eigenvalue weighted by atomic mass is 35.5. The van der Waals surface area contributed by atoms with Crippen molar-refractivity contribution in [1.29, 1.82) is 0 Å². The van der Waals surface area contributed by atoms with Gasteiger partial charge in [-0.05, 0) is 50.9 Å². The number of hydrogen-bond donors (Lipinski definition) is 1. The molecule has 23 heavy (non-hydrogen) atoms. The lowest BCUT2D eigenvalue weighted by molar-refractivity contribution is -0.118. The molecule has 0 saturated carbocycles. The molecule has 1 aliphatic heterocycles. The first-order valence-electron chi connectivity index (χ1n) is 7.67. The van der Waals surface area contributed by atoms with E-state index in [4.69, 9.17) is 20.9 Å². The van der Waals surface area contributed by atoms with Crippen molar-refractivity contribution in [2.45, 2.75) is 45.8 Å². The molecule has 0 aliphatic carbocycles. The van der Waals surface area contributed by atoms with Crippen LogP contribution >= 0.6 is 11.6 Å². The molecule has 4 nitrogen and oxygen atoms in total. The summed E-state index contributed by atoms with van der Waals surface area (Å²) in [6.45, 7) is 9.88. The van der Waals surface area contributed by atoms with Crippen LogP contribution in [0.3, 0.4) is 0 Å². The number of nitrogens with one attached hydrogen (secondary N) is 1. The van der Waals surface area contributed by atoms with Crippen LogP contribution in [0.15, 0.2) is 29.7 Å². The minimum atomic E-state index is -0.498. The standard InChI is InChI=1S/C17H23BClNO3/c1-12(21)20-11-14(10-13-6-8-15(19)9-7-13)18-22-16(2,3)17(4,5)23-18/h6-10H,11H2,1-5H3,(H,20,21). The van der Waals surface area contributed by atoms with Crippen LogP contribution < -0.4 is 5.32 Å². The Hall–Kier alpha value is -1.30. The van der Waals surface area contributed by atoms with Crippen LogP contribution in [0.4, 0.5) is 0 Å². The molecule has 0 bridgehead atoms. The highest BCUT2D eigenvalue weighted by Gasteiger charge is 2.52. The van der Waals surface area contributed by atoms with Gasteiger partial charge >= 0.3 is 7.12 Å². The van der Waals surface area contributed by atoms with Crippen molar-refractivity contribution >= 4 is 30.7 Å². The summed E-state index contributed by atoms with van der Waals surface area (Å²) in [5, 5.41) is 3.50. The number of carbonyl (C=O) groups excluding carboxylic acids is 1. The number of benzene rings is 1. The zero-order valence-electron chi connectivity index (χ0n) is 14.3. The Kier molecular flexibility index (Phi) is 5.24. The molecule has 1 N–H and O–H groups in total. The summed E-state index contributed by atoms with van der Waals surface area (Å²) in [6.07, 6.45) is 1.97. The van der Waals surface area contributed by atoms with E-state index in [1.165, 1.54) is 6.92 Å². The van der Waals surface area contributed by atoms with Crippen molar-refractivity contribution < 1.29 is 14.1 Å². The van der Waals surface area contributed by atoms with E-state index in [2.05, 4.69) is 5.32 Å². The number of carbonyl (C=O) groups is 1. The third-order valence-corrected chi connectivity index (χ3v) is 4.57. The van der Waals surface area contributed by atoms with Gasteiger partial charge < -0.3 is 14.6 Å². The van der Waals surface area contributed by atoms with E-state index in [1.54, 1.807) is 0 Å². The van der Waals surface area contributed by atoms with Gasteiger partial charge in [-0.2, -0.15) is 0 Å². The smallest absolute Gasteiger partial charge is 0.400 e. The molecular formula is C17H23BClNO3. The van der Waals surface area contributed by atoms with Crippen LogP contribution in [-0.4, -0.2) is 30.8 Å². The van der Waals surface area contributed by atoms with Crippen LogP contribution in [0.5, 0.6) is 0 Å². The van der Waals surface area contributed by atoms with Gasteiger partial charge in [-0.15, -0.1) is 0 Å². The van der Waals surface area contributed by atoms with Crippen molar-refractivity contribution in [2.75, 3.05) is 6.54 Å². The SMILES string of the molecule is CC(=O)NCC(=Cc1ccc(Cl)cc1)B1OC(C)(C)C(C)(C)O1. The van der Waals surface area contributed by atoms with Crippen molar-refractivity contribution in [1.82, 2.24) is 5.32 Å². The lowest BCUT2D eigenvalue weighted by Gasteiger charge is -2.32. The molecule has 0 spiro atoms. The summed E-state index contributed by atoms with van der Waals surface area (Å²) in [5.74, 6) is -0.0940. The van der Waals surface area contributed by atoms with E-state index in [0.717, 1.165) is 11.0 Å². The molecule has 2 rings (SSSR count). The van der Waals surface area contributed by atoms with E-state index in [-0.39, 0.29) is 5.91 Å². The van der Waals surface area contributed by atoms with Gasteiger partial charge in [0.05, 0.1) is 11.2 Å². The lowest BCUT2D eigenvalue weighted by Crippen LogP contribution is -2.41. The van der Waals surface area contributed by atoms with Crippen LogP contribution in [0.25, 0.3) is 6.08 Å². The molecule has 1 aliphatic rings. The molecule has 6 heteroatoms. The molecule has 1 amide bonds. The zero-order valence-corrected chi connectivity index (χ0v) is 15.0. The normalized spacial score (nSPS) is 19.7. The Morgan fingerprint density at radius 2 is 1.70 bits per heavy atom. The maximum Gasteiger partial charge on any atom is 0.492 e. The fourth-order valence-electron chi connectivity index (χ4n) is 2.20. The quantitative estimate of drug-likeness (QED) is 0.857. The van der Waals surface area contributed by atoms with Gasteiger partial charge in [-0.25, -0.2) is 0 Å². The van der Waals surface area contributed by atoms with E-state index in [9.17, 15) is 4.79 Å². The van der Waals surface area contributed by atoms with Gasteiger partial charge in [-0.1, -0.05) is 29.8 Å². The lowest BCUT2D eigenvalue weighted by atomic mass is 9.77. The highest BCUT2D eigenvalue weighted by molar-refractivity contribution is 6.56. The van der Waals surface area contributed by atoms with Crippen LogP contribution in [0, 0.1) is 0 Å². The average Bonchev–Trinajstić information content (AvgIpc) is 2.65. The fourth-order valence-corrected chi connectivity index (χ4v) is 2.32. The fraction of sp³-hybridized carbons (Fsp3) is 0.471. The second-order valence-electron chi connectivity index (χ2n) is 6.77. The van der Waals surface area contributed by atoms with E-state index < -0.39 is 18.3 Å². The summed E-state index contributed by atoms with van der Waals surface area (Å²) >= 11 is 5.93. The molecule has 1 aromatic rings. The summed E-state index contributed by atoms with van der Waals surface area (Å²) in [7, 11) is -0.498. The van der Waals surface area contributed by atoms with E-state index in [0.29, 0.717) is 11.6 Å². The minimum Gasteiger partial charge on any atom is -0.400 e. The Balaban J connectivity index is 2.28. The van der Waals surface area contributed by atoms with Gasteiger partial charge in [-0.3, -0.25) is 4.79 Å². The Morgan fingerprint density at radius 1 is 1.17 bits per heavy atom. The summed E-state index contributed by atoms with van der Waals surface area (Å²) in [5.41, 5.74) is 0.991. The average molecular weight is 336 g/mol. The second-order valence-corrected chi connectivity index (χ2v) is 7.21. The number of hydrogen-bond acceptors (Lipinski definition) is 3. The zero-order chi connectivity index (χ0) is 17.3. The van der Waals surface area contributed by atoms with Crippen molar-refractivity contribution in [2.24, 2.45) is 0 Å². The third-order valence-electron chi connectivity index (χ3n) is 4.32. The molecule has 1 fully saturated rings. The van der Waals surface area contributed by atoms with Gasteiger partial charge in [0, 0.05) is 18.5 Å². The first kappa shape index (κ1) is 18.0. The van der Waals surface area contributed by atoms with Crippen molar-refractivity contribution in [3.63, 3.8) is 0 Å². The van der Waals surface area contributed by atoms with E-state index >= 15 is 0 Å². The third kappa shape index (κ3) is 4.37. The van der Waals surface area contributed by atoms with Crippen LogP contribution in [0.2, 0.25) is 5.02 Å². The summed E-state index contributed by atoms with van der Waals surface area (Å²) < 4.78 is 12.2. The predicted octanol–water partition coefficient (Wildman–Crippen LogP) is 3.49. The van der Waals surface area contributed by atoms with Gasteiger partial charge in [0.15, 0.2) is 0 Å². The molecule has 0 unspecified atom stereocenters. The maximum absolute atomic E-state index is 11.3. The van der Waals surface area contributed by atoms with Crippen LogP contribution in [0.1, 0.15) is 40.2 Å². The molecule has 0 aromatic heterocycles. The van der Waals surface area contributed by atoms with Gasteiger partial charge in [0.2, 0.25) is 5.91 Å². The van der Waals surface area contributed by atoms with E-state index in [1.807, 2.05) is 58.0 Å². The molecule has 124 valence electrons. The first-order valence-corrected chi connectivity index (χ1v) is 8.05. The second kappa shape index (κ2) is 6.67. The first-order chi connectivity index (χ1) is 10.6. The Bertz CT molecular complexity index is 595. The summed E-state index contributed by atoms with van der Waals surface area (Å²) in [4.78, 5) is 11.3. The van der Waals surface area contributed by atoms with Crippen molar-refractivity contribution in [3.8, 4) is 0 Å². The Labute approximate surface area is 143 Å². The summed E-state index contributed by atoms with van der Waals surface area (Å²) in [6, 6.07) is 7.49. The predicted molar refractivity (Wildman–Crippen MR) is 94.2 cm³/mol. The number of rotatable bonds is 4. The monoisotopic (exact) mass is 335 g/mol. The largest absolute Gasteiger partial charge is 0.492 e. The molecule has 1 aromatic carbocycles. The van der Waals surface area contributed by atoms with Crippen LogP contribution in [-0.2, 0) is 14.1 Å². The molecular weight excluding hydrogens is 312 g/mol. The highest BCUT2D eigenvalue weighted by Crippen LogP contribution is 2.38. The number of amides is 1. The maximum atomic E-state index is 11.3. The number of halogens is 1. The molecule has 0 atom stereocenters. The molecule has 1 heterocycles. The molecule has 0 radical (unpaired) electrons. The van der Waals surface area contributed by atoms with Gasteiger partial charge in [0.25, 0.3) is 0 Å². The van der Waals surface area contributed by atoms with Crippen molar-refractivity contribution in [3.05, 3.63) is 40.3 Å².